The lowest BCUT2D eigenvalue weighted by molar-refractivity contribution is -0.126. The second kappa shape index (κ2) is 5.89. The van der Waals surface area contributed by atoms with Gasteiger partial charge in [-0.25, -0.2) is 0 Å². The molecular formula is C14H13BrN2O2. The highest BCUT2D eigenvalue weighted by atomic mass is 79.9. The molecule has 19 heavy (non-hydrogen) atoms. The molecular weight excluding hydrogens is 308 g/mol. The standard InChI is InChI=1S/C14H13BrN2O2/c1-2-7-16-14(19)10-8-13(18)17(9-10)12-5-3-11(15)4-6-12/h1,3-6,10H,7-9H2,(H,16,19)/t10-/m1/s1. The summed E-state index contributed by atoms with van der Waals surface area (Å²) >= 11 is 3.35. The molecule has 1 aromatic rings. The highest BCUT2D eigenvalue weighted by Gasteiger charge is 2.34. The molecule has 1 atom stereocenters. The molecule has 0 aliphatic carbocycles. The molecule has 2 rings (SSSR count). The van der Waals surface area contributed by atoms with Crippen molar-refractivity contribution in [2.45, 2.75) is 6.42 Å². The highest BCUT2D eigenvalue weighted by Crippen LogP contribution is 2.26. The minimum atomic E-state index is -0.329. The molecule has 4 nitrogen and oxygen atoms in total. The van der Waals surface area contributed by atoms with E-state index in [1.165, 1.54) is 0 Å². The summed E-state index contributed by atoms with van der Waals surface area (Å²) < 4.78 is 0.950. The number of hydrogen-bond acceptors (Lipinski definition) is 2. The molecule has 1 aliphatic rings. The Hall–Kier alpha value is -1.80. The largest absolute Gasteiger partial charge is 0.345 e. The van der Waals surface area contributed by atoms with Crippen molar-refractivity contribution in [1.82, 2.24) is 5.32 Å². The van der Waals surface area contributed by atoms with Gasteiger partial charge in [-0.05, 0) is 24.3 Å². The summed E-state index contributed by atoms with van der Waals surface area (Å²) in [5, 5.41) is 2.61. The number of carbonyl (C=O) groups excluding carboxylic acids is 2. The van der Waals surface area contributed by atoms with E-state index in [2.05, 4.69) is 27.2 Å². The molecule has 1 fully saturated rings. The second-order valence-electron chi connectivity index (χ2n) is 4.30. The van der Waals surface area contributed by atoms with E-state index in [1.807, 2.05) is 24.3 Å². The van der Waals surface area contributed by atoms with Crippen molar-refractivity contribution in [2.75, 3.05) is 18.0 Å². The lowest BCUT2D eigenvalue weighted by Crippen LogP contribution is -2.33. The van der Waals surface area contributed by atoms with E-state index in [4.69, 9.17) is 6.42 Å². The summed E-state index contributed by atoms with van der Waals surface area (Å²) in [4.78, 5) is 25.4. The summed E-state index contributed by atoms with van der Waals surface area (Å²) in [6.45, 7) is 0.596. The Bertz CT molecular complexity index is 533. The minimum Gasteiger partial charge on any atom is -0.345 e. The Kier molecular flexibility index (Phi) is 4.23. The SMILES string of the molecule is C#CCNC(=O)[C@@H]1CC(=O)N(c2ccc(Br)cc2)C1. The molecule has 1 aromatic carbocycles. The number of anilines is 1. The average molecular weight is 321 g/mol. The number of nitrogens with one attached hydrogen (secondary N) is 1. The van der Waals surface area contributed by atoms with E-state index in [0.29, 0.717) is 6.54 Å². The van der Waals surface area contributed by atoms with Crippen molar-refractivity contribution < 1.29 is 9.59 Å². The zero-order chi connectivity index (χ0) is 13.8. The van der Waals surface area contributed by atoms with E-state index in [9.17, 15) is 9.59 Å². The van der Waals surface area contributed by atoms with Crippen LogP contribution in [-0.4, -0.2) is 24.9 Å². The average Bonchev–Trinajstić information content (AvgIpc) is 2.79. The van der Waals surface area contributed by atoms with Crippen LogP contribution in [0.25, 0.3) is 0 Å². The van der Waals surface area contributed by atoms with Crippen molar-refractivity contribution in [1.29, 1.82) is 0 Å². The van der Waals surface area contributed by atoms with E-state index in [1.54, 1.807) is 4.90 Å². The van der Waals surface area contributed by atoms with Crippen LogP contribution in [0.15, 0.2) is 28.7 Å². The number of hydrogen-bond donors (Lipinski definition) is 1. The number of benzene rings is 1. The van der Waals surface area contributed by atoms with Gasteiger partial charge in [-0.1, -0.05) is 21.9 Å². The van der Waals surface area contributed by atoms with Gasteiger partial charge in [-0.2, -0.15) is 0 Å². The van der Waals surface area contributed by atoms with Crippen LogP contribution in [-0.2, 0) is 9.59 Å². The van der Waals surface area contributed by atoms with E-state index < -0.39 is 0 Å². The van der Waals surface area contributed by atoms with Gasteiger partial charge in [0.25, 0.3) is 0 Å². The fourth-order valence-electron chi connectivity index (χ4n) is 2.04. The van der Waals surface area contributed by atoms with Gasteiger partial charge in [-0.15, -0.1) is 6.42 Å². The Morgan fingerprint density at radius 3 is 2.79 bits per heavy atom. The van der Waals surface area contributed by atoms with Crippen molar-refractivity contribution in [2.24, 2.45) is 5.92 Å². The summed E-state index contributed by atoms with van der Waals surface area (Å²) in [6, 6.07) is 7.44. The maximum absolute atomic E-state index is 11.9. The summed E-state index contributed by atoms with van der Waals surface area (Å²) in [5.41, 5.74) is 0.806. The van der Waals surface area contributed by atoms with Gasteiger partial charge in [0.2, 0.25) is 11.8 Å². The van der Waals surface area contributed by atoms with Crippen LogP contribution in [0, 0.1) is 18.3 Å². The third-order valence-electron chi connectivity index (χ3n) is 3.00. The topological polar surface area (TPSA) is 49.4 Å². The molecule has 0 spiro atoms. The monoisotopic (exact) mass is 320 g/mol. The smallest absolute Gasteiger partial charge is 0.227 e. The van der Waals surface area contributed by atoms with Gasteiger partial charge >= 0.3 is 0 Å². The van der Waals surface area contributed by atoms with Gasteiger partial charge in [-0.3, -0.25) is 9.59 Å². The zero-order valence-corrected chi connectivity index (χ0v) is 11.8. The molecule has 0 aromatic heterocycles. The number of terminal acetylenes is 1. The normalized spacial score (nSPS) is 18.2. The van der Waals surface area contributed by atoms with E-state index in [0.717, 1.165) is 10.2 Å². The van der Waals surface area contributed by atoms with Crippen LogP contribution < -0.4 is 10.2 Å². The van der Waals surface area contributed by atoms with E-state index in [-0.39, 0.29) is 30.7 Å². The predicted octanol–water partition coefficient (Wildman–Crippen LogP) is 1.55. The minimum absolute atomic E-state index is 0.0387. The molecule has 1 saturated heterocycles. The number of amides is 2. The molecule has 0 unspecified atom stereocenters. The molecule has 1 aliphatic heterocycles. The van der Waals surface area contributed by atoms with Gasteiger partial charge in [0.15, 0.2) is 0 Å². The van der Waals surface area contributed by atoms with Crippen LogP contribution >= 0.6 is 15.9 Å². The lowest BCUT2D eigenvalue weighted by atomic mass is 10.1. The lowest BCUT2D eigenvalue weighted by Gasteiger charge is -2.16. The van der Waals surface area contributed by atoms with Crippen LogP contribution in [0.5, 0.6) is 0 Å². The van der Waals surface area contributed by atoms with Gasteiger partial charge in [0.1, 0.15) is 0 Å². The first-order valence-corrected chi connectivity index (χ1v) is 6.68. The number of carbonyl (C=O) groups is 2. The van der Waals surface area contributed by atoms with Gasteiger partial charge in [0.05, 0.1) is 12.5 Å². The Morgan fingerprint density at radius 2 is 2.16 bits per heavy atom. The van der Waals surface area contributed by atoms with E-state index >= 15 is 0 Å². The number of halogens is 1. The summed E-state index contributed by atoms with van der Waals surface area (Å²) in [7, 11) is 0. The fraction of sp³-hybridized carbons (Fsp3) is 0.286. The van der Waals surface area contributed by atoms with Gasteiger partial charge < -0.3 is 10.2 Å². The molecule has 0 saturated carbocycles. The fourth-order valence-corrected chi connectivity index (χ4v) is 2.30. The molecule has 0 bridgehead atoms. The van der Waals surface area contributed by atoms with Crippen LogP contribution in [0.3, 0.4) is 0 Å². The molecule has 5 heteroatoms. The third-order valence-corrected chi connectivity index (χ3v) is 3.53. The summed E-state index contributed by atoms with van der Waals surface area (Å²) in [5.74, 6) is 1.82. The molecule has 1 N–H and O–H groups in total. The second-order valence-corrected chi connectivity index (χ2v) is 5.22. The molecule has 98 valence electrons. The van der Waals surface area contributed by atoms with Crippen LogP contribution in [0.2, 0.25) is 0 Å². The predicted molar refractivity (Wildman–Crippen MR) is 76.4 cm³/mol. The third kappa shape index (κ3) is 3.15. The Balaban J connectivity index is 2.05. The highest BCUT2D eigenvalue weighted by molar-refractivity contribution is 9.10. The quantitative estimate of drug-likeness (QED) is 0.859. The maximum Gasteiger partial charge on any atom is 0.227 e. The molecule has 0 radical (unpaired) electrons. The van der Waals surface area contributed by atoms with Crippen molar-refractivity contribution in [3.8, 4) is 12.3 Å². The molecule has 1 heterocycles. The van der Waals surface area contributed by atoms with Crippen molar-refractivity contribution >= 4 is 33.4 Å². The first kappa shape index (κ1) is 13.6. The van der Waals surface area contributed by atoms with Gasteiger partial charge in [0, 0.05) is 23.1 Å². The number of nitrogens with zero attached hydrogens (tertiary/aromatic N) is 1. The zero-order valence-electron chi connectivity index (χ0n) is 10.2. The molecule has 2 amide bonds. The first-order valence-electron chi connectivity index (χ1n) is 5.89. The van der Waals surface area contributed by atoms with Crippen LogP contribution in [0.1, 0.15) is 6.42 Å². The maximum atomic E-state index is 11.9. The van der Waals surface area contributed by atoms with Crippen LogP contribution in [0.4, 0.5) is 5.69 Å². The van der Waals surface area contributed by atoms with Crippen molar-refractivity contribution in [3.05, 3.63) is 28.7 Å². The van der Waals surface area contributed by atoms with Crippen molar-refractivity contribution in [3.63, 3.8) is 0 Å². The number of rotatable bonds is 3. The first-order chi connectivity index (χ1) is 9.11. The Labute approximate surface area is 120 Å². The summed E-state index contributed by atoms with van der Waals surface area (Å²) in [6.07, 6.45) is 5.32. The Morgan fingerprint density at radius 1 is 1.47 bits per heavy atom.